The molecule has 132 valence electrons. The van der Waals surface area contributed by atoms with Crippen molar-refractivity contribution in [1.82, 2.24) is 16.0 Å². The van der Waals surface area contributed by atoms with E-state index in [1.807, 2.05) is 0 Å². The fourth-order valence-electron chi connectivity index (χ4n) is 1.95. The Balaban J connectivity index is 0.00000484. The van der Waals surface area contributed by atoms with Gasteiger partial charge in [-0.25, -0.2) is 8.78 Å². The molecule has 0 saturated heterocycles. The highest BCUT2D eigenvalue weighted by atomic mass is 127. The van der Waals surface area contributed by atoms with Crippen LogP contribution in [-0.2, 0) is 0 Å². The first-order chi connectivity index (χ1) is 10.2. The Bertz CT molecular complexity index is 515. The van der Waals surface area contributed by atoms with E-state index >= 15 is 0 Å². The van der Waals surface area contributed by atoms with Gasteiger partial charge in [0.2, 0.25) is 0 Å². The van der Waals surface area contributed by atoms with Gasteiger partial charge in [0.05, 0.1) is 6.04 Å². The predicted molar refractivity (Wildman–Crippen MR) is 102 cm³/mol. The van der Waals surface area contributed by atoms with Crippen LogP contribution in [0.25, 0.3) is 0 Å². The molecule has 1 rings (SSSR count). The van der Waals surface area contributed by atoms with E-state index in [0.29, 0.717) is 18.1 Å². The van der Waals surface area contributed by atoms with Crippen LogP contribution in [0.15, 0.2) is 23.2 Å². The Morgan fingerprint density at radius 3 is 2.39 bits per heavy atom. The van der Waals surface area contributed by atoms with Gasteiger partial charge in [-0.1, -0.05) is 6.07 Å². The number of hydrogen-bond acceptors (Lipinski definition) is 2. The van der Waals surface area contributed by atoms with Crippen LogP contribution in [0.4, 0.5) is 8.78 Å². The second kappa shape index (κ2) is 10.0. The van der Waals surface area contributed by atoms with E-state index in [9.17, 15) is 8.78 Å². The molecule has 0 spiro atoms. The van der Waals surface area contributed by atoms with Crippen molar-refractivity contribution < 1.29 is 8.78 Å². The number of aliphatic imine (C=N–C) groups is 1. The molecule has 0 bridgehead atoms. The lowest BCUT2D eigenvalue weighted by molar-refractivity contribution is 0.428. The maximum Gasteiger partial charge on any atom is 0.191 e. The third-order valence-electron chi connectivity index (χ3n) is 3.08. The molecule has 0 aliphatic rings. The van der Waals surface area contributed by atoms with E-state index < -0.39 is 11.6 Å². The highest BCUT2D eigenvalue weighted by Crippen LogP contribution is 2.17. The van der Waals surface area contributed by atoms with Crippen molar-refractivity contribution in [2.75, 3.05) is 20.1 Å². The van der Waals surface area contributed by atoms with Crippen molar-refractivity contribution in [2.45, 2.75) is 39.3 Å². The molecule has 7 heteroatoms. The van der Waals surface area contributed by atoms with E-state index in [1.54, 1.807) is 14.0 Å². The SMILES string of the molecule is CN=C(NCCNC(C)(C)C)NC(C)c1ccc(F)cc1F.I. The average Bonchev–Trinajstić information content (AvgIpc) is 2.40. The summed E-state index contributed by atoms with van der Waals surface area (Å²) in [5.41, 5.74) is 0.459. The number of hydrogen-bond donors (Lipinski definition) is 3. The van der Waals surface area contributed by atoms with E-state index in [2.05, 4.69) is 41.7 Å². The Labute approximate surface area is 154 Å². The topological polar surface area (TPSA) is 48.5 Å². The highest BCUT2D eigenvalue weighted by molar-refractivity contribution is 14.0. The summed E-state index contributed by atoms with van der Waals surface area (Å²) in [5.74, 6) is -0.569. The Hall–Kier alpha value is -0.960. The van der Waals surface area contributed by atoms with Crippen molar-refractivity contribution >= 4 is 29.9 Å². The summed E-state index contributed by atoms with van der Waals surface area (Å²) in [6.45, 7) is 9.56. The van der Waals surface area contributed by atoms with Crippen LogP contribution in [0, 0.1) is 11.6 Å². The van der Waals surface area contributed by atoms with Gasteiger partial charge in [0.1, 0.15) is 11.6 Å². The third kappa shape index (κ3) is 8.45. The molecule has 0 saturated carbocycles. The van der Waals surface area contributed by atoms with E-state index in [1.165, 1.54) is 12.1 Å². The van der Waals surface area contributed by atoms with Crippen molar-refractivity contribution in [1.29, 1.82) is 0 Å². The van der Waals surface area contributed by atoms with Gasteiger partial charge in [0.15, 0.2) is 5.96 Å². The molecule has 1 atom stereocenters. The van der Waals surface area contributed by atoms with Crippen LogP contribution in [0.2, 0.25) is 0 Å². The van der Waals surface area contributed by atoms with Crippen molar-refractivity contribution in [3.63, 3.8) is 0 Å². The first-order valence-corrected chi connectivity index (χ1v) is 7.40. The fraction of sp³-hybridized carbons (Fsp3) is 0.562. The Kier molecular flexibility index (Phi) is 9.60. The molecule has 0 aliphatic carbocycles. The number of nitrogens with zero attached hydrogens (tertiary/aromatic N) is 1. The minimum atomic E-state index is -0.579. The Morgan fingerprint density at radius 2 is 1.87 bits per heavy atom. The standard InChI is InChI=1S/C16H26F2N4.HI/c1-11(13-7-6-12(17)10-14(13)18)22-15(19-5)20-8-9-21-16(2,3)4;/h6-7,10-11,21H,8-9H2,1-5H3,(H2,19,20,22);1H. The van der Waals surface area contributed by atoms with Crippen molar-refractivity contribution in [3.05, 3.63) is 35.4 Å². The first-order valence-electron chi connectivity index (χ1n) is 7.40. The molecule has 0 radical (unpaired) electrons. The molecule has 3 N–H and O–H groups in total. The van der Waals surface area contributed by atoms with Crippen LogP contribution in [0.1, 0.15) is 39.3 Å². The van der Waals surface area contributed by atoms with Gasteiger partial charge < -0.3 is 16.0 Å². The van der Waals surface area contributed by atoms with Crippen LogP contribution < -0.4 is 16.0 Å². The molecular formula is C16H27F2IN4. The molecule has 1 aromatic rings. The van der Waals surface area contributed by atoms with Crippen LogP contribution in [0.3, 0.4) is 0 Å². The highest BCUT2D eigenvalue weighted by Gasteiger charge is 2.13. The quantitative estimate of drug-likeness (QED) is 0.285. The number of halogens is 3. The molecule has 1 aromatic carbocycles. The lowest BCUT2D eigenvalue weighted by Crippen LogP contribution is -2.45. The summed E-state index contributed by atoms with van der Waals surface area (Å²) < 4.78 is 26.7. The van der Waals surface area contributed by atoms with Gasteiger partial charge in [-0.3, -0.25) is 4.99 Å². The zero-order valence-electron chi connectivity index (χ0n) is 14.3. The van der Waals surface area contributed by atoms with Crippen LogP contribution in [0.5, 0.6) is 0 Å². The van der Waals surface area contributed by atoms with E-state index in [0.717, 1.165) is 12.6 Å². The maximum atomic E-state index is 13.7. The van der Waals surface area contributed by atoms with Crippen LogP contribution >= 0.6 is 24.0 Å². The lowest BCUT2D eigenvalue weighted by Gasteiger charge is -2.22. The van der Waals surface area contributed by atoms with E-state index in [4.69, 9.17) is 0 Å². The van der Waals surface area contributed by atoms with Crippen molar-refractivity contribution in [3.8, 4) is 0 Å². The molecule has 4 nitrogen and oxygen atoms in total. The minimum Gasteiger partial charge on any atom is -0.355 e. The fourth-order valence-corrected chi connectivity index (χ4v) is 1.95. The monoisotopic (exact) mass is 440 g/mol. The molecule has 1 unspecified atom stereocenters. The third-order valence-corrected chi connectivity index (χ3v) is 3.08. The van der Waals surface area contributed by atoms with Gasteiger partial charge in [-0.05, 0) is 33.8 Å². The van der Waals surface area contributed by atoms with Gasteiger partial charge in [-0.2, -0.15) is 0 Å². The number of benzene rings is 1. The number of rotatable bonds is 5. The first kappa shape index (κ1) is 22.0. The smallest absolute Gasteiger partial charge is 0.191 e. The van der Waals surface area contributed by atoms with Gasteiger partial charge in [0.25, 0.3) is 0 Å². The normalized spacial score (nSPS) is 13.3. The molecule has 0 amide bonds. The maximum absolute atomic E-state index is 13.7. The average molecular weight is 440 g/mol. The Morgan fingerprint density at radius 1 is 1.22 bits per heavy atom. The number of guanidine groups is 1. The second-order valence-corrected chi connectivity index (χ2v) is 6.21. The number of nitrogens with one attached hydrogen (secondary N) is 3. The molecule has 0 aromatic heterocycles. The zero-order chi connectivity index (χ0) is 16.8. The van der Waals surface area contributed by atoms with E-state index in [-0.39, 0.29) is 35.6 Å². The molecule has 0 fully saturated rings. The zero-order valence-corrected chi connectivity index (χ0v) is 16.7. The molecule has 0 aliphatic heterocycles. The molecule has 23 heavy (non-hydrogen) atoms. The summed E-state index contributed by atoms with van der Waals surface area (Å²) in [5, 5.41) is 9.60. The summed E-state index contributed by atoms with van der Waals surface area (Å²) in [6, 6.07) is 3.26. The van der Waals surface area contributed by atoms with Crippen molar-refractivity contribution in [2.24, 2.45) is 4.99 Å². The van der Waals surface area contributed by atoms with Crippen LogP contribution in [-0.4, -0.2) is 31.6 Å². The van der Waals surface area contributed by atoms with Gasteiger partial charge in [0, 0.05) is 37.3 Å². The van der Waals surface area contributed by atoms with Gasteiger partial charge >= 0.3 is 0 Å². The molecular weight excluding hydrogens is 413 g/mol. The van der Waals surface area contributed by atoms with Gasteiger partial charge in [-0.15, -0.1) is 24.0 Å². The summed E-state index contributed by atoms with van der Waals surface area (Å²) in [6.07, 6.45) is 0. The molecule has 0 heterocycles. The predicted octanol–water partition coefficient (Wildman–Crippen LogP) is 3.20. The largest absolute Gasteiger partial charge is 0.355 e. The summed E-state index contributed by atoms with van der Waals surface area (Å²) in [7, 11) is 1.65. The lowest BCUT2D eigenvalue weighted by atomic mass is 10.1. The second-order valence-electron chi connectivity index (χ2n) is 6.21. The minimum absolute atomic E-state index is 0. The summed E-state index contributed by atoms with van der Waals surface area (Å²) >= 11 is 0. The summed E-state index contributed by atoms with van der Waals surface area (Å²) in [4.78, 5) is 4.10.